The van der Waals surface area contributed by atoms with E-state index >= 15 is 0 Å². The van der Waals surface area contributed by atoms with Crippen LogP contribution in [0.25, 0.3) is 22.2 Å². The molecule has 2 heterocycles. The Morgan fingerprint density at radius 3 is 2.43 bits per heavy atom. The van der Waals surface area contributed by atoms with E-state index in [1.165, 1.54) is 0 Å². The fourth-order valence-corrected chi connectivity index (χ4v) is 5.31. The van der Waals surface area contributed by atoms with Crippen LogP contribution < -0.4 is 5.32 Å². The molecule has 0 radical (unpaired) electrons. The van der Waals surface area contributed by atoms with Gasteiger partial charge in [-0.3, -0.25) is 4.79 Å². The van der Waals surface area contributed by atoms with E-state index in [2.05, 4.69) is 12.2 Å². The van der Waals surface area contributed by atoms with Crippen molar-refractivity contribution >= 4 is 51.5 Å². The molecule has 1 fully saturated rings. The van der Waals surface area contributed by atoms with Gasteiger partial charge in [0.1, 0.15) is 16.9 Å². The Morgan fingerprint density at radius 1 is 1.00 bits per heavy atom. The van der Waals surface area contributed by atoms with Crippen LogP contribution in [0.3, 0.4) is 0 Å². The Balaban J connectivity index is 1.69. The number of para-hydroxylation sites is 2. The monoisotopic (exact) mass is 518 g/mol. The number of halogens is 1. The number of ether oxygens (including phenoxy) is 1. The van der Waals surface area contributed by atoms with E-state index in [0.29, 0.717) is 39.7 Å². The molecule has 0 unspecified atom stereocenters. The van der Waals surface area contributed by atoms with Gasteiger partial charge in [-0.2, -0.15) is 0 Å². The lowest BCUT2D eigenvalue weighted by atomic mass is 9.95. The van der Waals surface area contributed by atoms with Crippen LogP contribution in [0.1, 0.15) is 85.0 Å². The first-order valence-corrected chi connectivity index (χ1v) is 13.5. The van der Waals surface area contributed by atoms with Crippen LogP contribution in [0.15, 0.2) is 48.5 Å². The number of aromatic nitrogens is 3. The fourth-order valence-electron chi connectivity index (χ4n) is 5.09. The lowest BCUT2D eigenvalue weighted by Gasteiger charge is -2.26. The van der Waals surface area contributed by atoms with Gasteiger partial charge in [0.15, 0.2) is 5.65 Å². The maximum Gasteiger partial charge on any atom is 0.344 e. The highest BCUT2D eigenvalue weighted by atomic mass is 35.5. The molecule has 4 aromatic rings. The maximum atomic E-state index is 13.6. The van der Waals surface area contributed by atoms with Crippen molar-refractivity contribution in [2.24, 2.45) is 0 Å². The van der Waals surface area contributed by atoms with Crippen molar-refractivity contribution < 1.29 is 14.3 Å². The fraction of sp³-hybridized carbons (Fsp3) is 0.379. The number of fused-ring (bicyclic) bond motifs is 2. The Kier molecular flexibility index (Phi) is 7.70. The largest absolute Gasteiger partial charge is 0.462 e. The maximum absolute atomic E-state index is 13.6. The smallest absolute Gasteiger partial charge is 0.344 e. The number of unbranched alkanes of at least 4 members (excludes halogenated alkanes) is 2. The number of amides is 1. The number of benzene rings is 2. The van der Waals surface area contributed by atoms with Gasteiger partial charge in [-0.1, -0.05) is 74.9 Å². The third-order valence-electron chi connectivity index (χ3n) is 6.97. The Labute approximate surface area is 221 Å². The van der Waals surface area contributed by atoms with E-state index in [1.807, 2.05) is 28.8 Å². The van der Waals surface area contributed by atoms with Crippen molar-refractivity contribution in [3.05, 3.63) is 64.7 Å². The summed E-state index contributed by atoms with van der Waals surface area (Å²) in [6.45, 7) is 2.41. The van der Waals surface area contributed by atoms with Crippen LogP contribution in [0, 0.1) is 0 Å². The SMILES string of the molecule is CCCCCOC(=O)c1c(NC(=O)c2ccccc2Cl)n(C2CCCCC2)c2nc3ccccc3nc12. The molecule has 1 amide bonds. The molecule has 0 spiro atoms. The van der Waals surface area contributed by atoms with Gasteiger partial charge in [0.05, 0.1) is 28.2 Å². The summed E-state index contributed by atoms with van der Waals surface area (Å²) in [5.74, 6) is -0.521. The van der Waals surface area contributed by atoms with Crippen LogP contribution >= 0.6 is 11.6 Å². The minimum atomic E-state index is -0.505. The van der Waals surface area contributed by atoms with Crippen LogP contribution in [-0.2, 0) is 4.74 Å². The van der Waals surface area contributed by atoms with Gasteiger partial charge in [-0.25, -0.2) is 14.8 Å². The summed E-state index contributed by atoms with van der Waals surface area (Å²) >= 11 is 6.34. The molecule has 5 rings (SSSR count). The van der Waals surface area contributed by atoms with Crippen molar-refractivity contribution in [2.45, 2.75) is 64.3 Å². The topological polar surface area (TPSA) is 86.1 Å². The van der Waals surface area contributed by atoms with Gasteiger partial charge >= 0.3 is 5.97 Å². The quantitative estimate of drug-likeness (QED) is 0.195. The van der Waals surface area contributed by atoms with E-state index in [-0.39, 0.29) is 11.6 Å². The second-order valence-electron chi connectivity index (χ2n) is 9.55. The average molecular weight is 519 g/mol. The molecule has 0 aliphatic heterocycles. The lowest BCUT2D eigenvalue weighted by Crippen LogP contribution is -2.22. The highest BCUT2D eigenvalue weighted by molar-refractivity contribution is 6.34. The third kappa shape index (κ3) is 5.18. The second-order valence-corrected chi connectivity index (χ2v) is 9.95. The van der Waals surface area contributed by atoms with Crippen LogP contribution in [0.4, 0.5) is 5.82 Å². The molecular weight excluding hydrogens is 488 g/mol. The molecule has 1 saturated carbocycles. The first-order chi connectivity index (χ1) is 18.1. The minimum absolute atomic E-state index is 0.0786. The van der Waals surface area contributed by atoms with E-state index in [1.54, 1.807) is 24.3 Å². The number of nitrogens with one attached hydrogen (secondary N) is 1. The van der Waals surface area contributed by atoms with Gasteiger partial charge in [-0.05, 0) is 43.5 Å². The summed E-state index contributed by atoms with van der Waals surface area (Å²) in [4.78, 5) is 36.8. The number of hydrogen-bond donors (Lipinski definition) is 1. The zero-order chi connectivity index (χ0) is 25.8. The summed E-state index contributed by atoms with van der Waals surface area (Å²) in [7, 11) is 0. The molecule has 1 aliphatic carbocycles. The van der Waals surface area contributed by atoms with Crippen molar-refractivity contribution in [3.8, 4) is 0 Å². The van der Waals surface area contributed by atoms with E-state index in [0.717, 1.165) is 56.9 Å². The molecular formula is C29H31ClN4O3. The number of anilines is 1. The van der Waals surface area contributed by atoms with E-state index in [4.69, 9.17) is 26.3 Å². The zero-order valence-electron chi connectivity index (χ0n) is 21.0. The normalized spacial score (nSPS) is 14.2. The number of carbonyl (C=O) groups is 2. The van der Waals surface area contributed by atoms with Crippen LogP contribution in [0.2, 0.25) is 5.02 Å². The zero-order valence-corrected chi connectivity index (χ0v) is 21.8. The van der Waals surface area contributed by atoms with Gasteiger partial charge in [0.25, 0.3) is 5.91 Å². The molecule has 0 atom stereocenters. The third-order valence-corrected chi connectivity index (χ3v) is 7.30. The Morgan fingerprint density at radius 2 is 1.70 bits per heavy atom. The first kappa shape index (κ1) is 25.2. The Hall–Kier alpha value is -3.45. The molecule has 192 valence electrons. The highest BCUT2D eigenvalue weighted by Gasteiger charge is 2.32. The van der Waals surface area contributed by atoms with Crippen molar-refractivity contribution in [2.75, 3.05) is 11.9 Å². The number of esters is 1. The predicted octanol–water partition coefficient (Wildman–Crippen LogP) is 7.34. The number of nitrogens with zero attached hydrogens (tertiary/aromatic N) is 3. The van der Waals surface area contributed by atoms with Gasteiger partial charge in [-0.15, -0.1) is 0 Å². The first-order valence-electron chi connectivity index (χ1n) is 13.1. The number of hydrogen-bond acceptors (Lipinski definition) is 5. The van der Waals surface area contributed by atoms with Gasteiger partial charge in [0.2, 0.25) is 0 Å². The van der Waals surface area contributed by atoms with Crippen molar-refractivity contribution in [1.29, 1.82) is 0 Å². The predicted molar refractivity (Wildman–Crippen MR) is 146 cm³/mol. The summed E-state index contributed by atoms with van der Waals surface area (Å²) in [5.41, 5.74) is 3.02. The highest BCUT2D eigenvalue weighted by Crippen LogP contribution is 2.39. The lowest BCUT2D eigenvalue weighted by molar-refractivity contribution is 0.0501. The molecule has 7 nitrogen and oxygen atoms in total. The summed E-state index contributed by atoms with van der Waals surface area (Å²) < 4.78 is 7.71. The summed E-state index contributed by atoms with van der Waals surface area (Å²) in [6, 6.07) is 14.5. The molecule has 8 heteroatoms. The summed E-state index contributed by atoms with van der Waals surface area (Å²) in [6.07, 6.45) is 7.93. The van der Waals surface area contributed by atoms with Crippen LogP contribution in [0.5, 0.6) is 0 Å². The van der Waals surface area contributed by atoms with Crippen molar-refractivity contribution in [3.63, 3.8) is 0 Å². The molecule has 2 aromatic heterocycles. The van der Waals surface area contributed by atoms with Crippen LogP contribution in [-0.4, -0.2) is 33.0 Å². The van der Waals surface area contributed by atoms with E-state index in [9.17, 15) is 9.59 Å². The molecule has 0 bridgehead atoms. The molecule has 2 aromatic carbocycles. The molecule has 1 aliphatic rings. The average Bonchev–Trinajstić information content (AvgIpc) is 3.22. The second kappa shape index (κ2) is 11.3. The molecule has 37 heavy (non-hydrogen) atoms. The van der Waals surface area contributed by atoms with Gasteiger partial charge < -0.3 is 14.6 Å². The van der Waals surface area contributed by atoms with Crippen molar-refractivity contribution in [1.82, 2.24) is 14.5 Å². The number of rotatable bonds is 8. The Bertz CT molecular complexity index is 1440. The summed E-state index contributed by atoms with van der Waals surface area (Å²) in [5, 5.41) is 3.36. The van der Waals surface area contributed by atoms with E-state index < -0.39 is 11.9 Å². The molecule has 0 saturated heterocycles. The number of carbonyl (C=O) groups excluding carboxylic acids is 2. The minimum Gasteiger partial charge on any atom is -0.462 e. The standard InChI is InChI=1S/C29H31ClN4O3/c1-2-3-11-18-37-29(36)24-25-27(32-23-17-10-9-16-22(23)31-25)34(19-12-5-4-6-13-19)26(24)33-28(35)20-14-7-8-15-21(20)30/h7-10,14-17,19H,2-6,11-13,18H2,1H3,(H,33,35). The molecule has 1 N–H and O–H groups in total. The van der Waals surface area contributed by atoms with Gasteiger partial charge in [0, 0.05) is 6.04 Å².